The number of aryl methyl sites for hydroxylation is 2. The van der Waals surface area contributed by atoms with Crippen molar-refractivity contribution in [3.8, 4) is 0 Å². The van der Waals surface area contributed by atoms with Crippen LogP contribution in [-0.4, -0.2) is 34.4 Å². The molecule has 1 aromatic carbocycles. The molecule has 7 nitrogen and oxygen atoms in total. The van der Waals surface area contributed by atoms with Crippen molar-refractivity contribution in [3.05, 3.63) is 45.4 Å². The van der Waals surface area contributed by atoms with E-state index < -0.39 is 5.97 Å². The van der Waals surface area contributed by atoms with Crippen LogP contribution in [0, 0.1) is 13.8 Å². The van der Waals surface area contributed by atoms with E-state index in [0.717, 1.165) is 5.01 Å². The number of hydrogen-bond acceptors (Lipinski definition) is 5. The van der Waals surface area contributed by atoms with Gasteiger partial charge in [-0.3, -0.25) is 14.4 Å². The Bertz CT molecular complexity index is 768. The van der Waals surface area contributed by atoms with Crippen LogP contribution in [0.5, 0.6) is 0 Å². The predicted molar refractivity (Wildman–Crippen MR) is 90.6 cm³/mol. The highest BCUT2D eigenvalue weighted by atomic mass is 32.1. The number of carboxylic acid groups (broad SMARTS) is 1. The molecule has 0 unspecified atom stereocenters. The van der Waals surface area contributed by atoms with E-state index in [-0.39, 0.29) is 24.8 Å². The van der Waals surface area contributed by atoms with Crippen molar-refractivity contribution in [3.63, 3.8) is 0 Å². The zero-order chi connectivity index (χ0) is 17.7. The van der Waals surface area contributed by atoms with Gasteiger partial charge >= 0.3 is 5.97 Å². The summed E-state index contributed by atoms with van der Waals surface area (Å²) in [6.45, 7) is 3.69. The maximum Gasteiger partial charge on any atom is 0.305 e. The molecule has 2 aromatic rings. The Morgan fingerprint density at radius 1 is 1.12 bits per heavy atom. The molecule has 0 aliphatic rings. The van der Waals surface area contributed by atoms with E-state index in [2.05, 4.69) is 15.6 Å². The van der Waals surface area contributed by atoms with Gasteiger partial charge in [0.25, 0.3) is 11.8 Å². The van der Waals surface area contributed by atoms with Crippen molar-refractivity contribution in [1.29, 1.82) is 0 Å². The molecule has 2 amide bonds. The largest absolute Gasteiger partial charge is 0.481 e. The first-order valence-corrected chi connectivity index (χ1v) is 8.04. The molecule has 0 saturated carbocycles. The smallest absolute Gasteiger partial charge is 0.305 e. The normalized spacial score (nSPS) is 10.2. The summed E-state index contributed by atoms with van der Waals surface area (Å²) in [5, 5.41) is 14.6. The number of anilines is 1. The van der Waals surface area contributed by atoms with Crippen LogP contribution in [-0.2, 0) is 4.79 Å². The van der Waals surface area contributed by atoms with Crippen LogP contribution in [0.2, 0.25) is 0 Å². The monoisotopic (exact) mass is 347 g/mol. The number of rotatable bonds is 6. The molecule has 0 bridgehead atoms. The van der Waals surface area contributed by atoms with Crippen LogP contribution in [0.25, 0.3) is 0 Å². The Hall–Kier alpha value is -2.74. The highest BCUT2D eigenvalue weighted by Crippen LogP contribution is 2.19. The van der Waals surface area contributed by atoms with Crippen molar-refractivity contribution >= 4 is 34.8 Å². The molecular formula is C16H17N3O4S. The third-order valence-corrected chi connectivity index (χ3v) is 4.21. The Morgan fingerprint density at radius 2 is 1.79 bits per heavy atom. The number of carboxylic acids is 1. The molecule has 8 heteroatoms. The van der Waals surface area contributed by atoms with Crippen LogP contribution >= 0.6 is 11.3 Å². The number of benzene rings is 1. The molecule has 0 fully saturated rings. The van der Waals surface area contributed by atoms with Gasteiger partial charge in [0.2, 0.25) is 0 Å². The quantitative estimate of drug-likeness (QED) is 0.742. The molecule has 0 spiro atoms. The summed E-state index contributed by atoms with van der Waals surface area (Å²) >= 11 is 1.33. The van der Waals surface area contributed by atoms with Gasteiger partial charge in [-0.15, -0.1) is 11.3 Å². The zero-order valence-corrected chi connectivity index (χ0v) is 14.1. The zero-order valence-electron chi connectivity index (χ0n) is 13.3. The SMILES string of the molecule is Cc1nc(C)c(C(=O)Nc2ccc(C(=O)NCCC(=O)O)cc2)s1. The third kappa shape index (κ3) is 4.63. The lowest BCUT2D eigenvalue weighted by Crippen LogP contribution is -2.25. The van der Waals surface area contributed by atoms with E-state index in [9.17, 15) is 14.4 Å². The molecule has 24 heavy (non-hydrogen) atoms. The van der Waals surface area contributed by atoms with Crippen LogP contribution in [0.15, 0.2) is 24.3 Å². The molecule has 0 aliphatic carbocycles. The Kier molecular flexibility index (Phi) is 5.64. The Labute approximate surface area is 142 Å². The second kappa shape index (κ2) is 7.69. The molecule has 0 aliphatic heterocycles. The van der Waals surface area contributed by atoms with Crippen LogP contribution in [0.4, 0.5) is 5.69 Å². The van der Waals surface area contributed by atoms with Gasteiger partial charge in [-0.2, -0.15) is 0 Å². The minimum absolute atomic E-state index is 0.0661. The fourth-order valence-corrected chi connectivity index (χ4v) is 2.83. The average molecular weight is 347 g/mol. The predicted octanol–water partition coefficient (Wildman–Crippen LogP) is 2.22. The lowest BCUT2D eigenvalue weighted by Gasteiger charge is -2.06. The molecule has 2 rings (SSSR count). The first-order chi connectivity index (χ1) is 11.4. The maximum atomic E-state index is 12.2. The van der Waals surface area contributed by atoms with Gasteiger partial charge in [-0.25, -0.2) is 4.98 Å². The van der Waals surface area contributed by atoms with Crippen LogP contribution < -0.4 is 10.6 Å². The van der Waals surface area contributed by atoms with Crippen LogP contribution in [0.3, 0.4) is 0 Å². The average Bonchev–Trinajstić information content (AvgIpc) is 2.86. The van der Waals surface area contributed by atoms with Gasteiger partial charge in [0, 0.05) is 17.8 Å². The van der Waals surface area contributed by atoms with Gasteiger partial charge < -0.3 is 15.7 Å². The number of hydrogen-bond donors (Lipinski definition) is 3. The Morgan fingerprint density at radius 3 is 2.33 bits per heavy atom. The molecule has 126 valence electrons. The number of aromatic nitrogens is 1. The molecule has 1 aromatic heterocycles. The van der Waals surface area contributed by atoms with E-state index in [4.69, 9.17) is 5.11 Å². The van der Waals surface area contributed by atoms with Crippen molar-refractivity contribution in [1.82, 2.24) is 10.3 Å². The van der Waals surface area contributed by atoms with E-state index in [1.807, 2.05) is 6.92 Å². The number of amides is 2. The minimum atomic E-state index is -0.970. The summed E-state index contributed by atoms with van der Waals surface area (Å²) in [7, 11) is 0. The molecule has 0 atom stereocenters. The molecular weight excluding hydrogens is 330 g/mol. The summed E-state index contributed by atoms with van der Waals surface area (Å²) in [5.74, 6) is -1.57. The molecule has 0 radical (unpaired) electrons. The van der Waals surface area contributed by atoms with Crippen molar-refractivity contribution in [2.24, 2.45) is 0 Å². The topological polar surface area (TPSA) is 108 Å². The van der Waals surface area contributed by atoms with Gasteiger partial charge in [-0.05, 0) is 38.1 Å². The van der Waals surface area contributed by atoms with Crippen molar-refractivity contribution in [2.45, 2.75) is 20.3 Å². The van der Waals surface area contributed by atoms with E-state index in [0.29, 0.717) is 21.8 Å². The van der Waals surface area contributed by atoms with Gasteiger partial charge in [0.05, 0.1) is 17.1 Å². The van der Waals surface area contributed by atoms with Gasteiger partial charge in [0.1, 0.15) is 4.88 Å². The highest BCUT2D eigenvalue weighted by molar-refractivity contribution is 7.13. The molecule has 3 N–H and O–H groups in total. The molecule has 1 heterocycles. The number of nitrogens with one attached hydrogen (secondary N) is 2. The van der Waals surface area contributed by atoms with Crippen molar-refractivity contribution < 1.29 is 19.5 Å². The maximum absolute atomic E-state index is 12.2. The fourth-order valence-electron chi connectivity index (χ4n) is 2.02. The van der Waals surface area contributed by atoms with Crippen LogP contribution in [0.1, 0.15) is 37.2 Å². The van der Waals surface area contributed by atoms with E-state index in [1.54, 1.807) is 31.2 Å². The summed E-state index contributed by atoms with van der Waals surface area (Å²) in [4.78, 5) is 39.2. The lowest BCUT2D eigenvalue weighted by molar-refractivity contribution is -0.136. The first kappa shape index (κ1) is 17.6. The summed E-state index contributed by atoms with van der Waals surface area (Å²) in [6, 6.07) is 6.37. The second-order valence-electron chi connectivity index (χ2n) is 5.08. The number of carbonyl (C=O) groups excluding carboxylic acids is 2. The first-order valence-electron chi connectivity index (χ1n) is 7.22. The summed E-state index contributed by atoms with van der Waals surface area (Å²) in [6.07, 6.45) is -0.131. The standard InChI is InChI=1S/C16H17N3O4S/c1-9-14(24-10(2)18-9)16(23)19-12-5-3-11(4-6-12)15(22)17-8-7-13(20)21/h3-6H,7-8H2,1-2H3,(H,17,22)(H,19,23)(H,20,21). The summed E-state index contributed by atoms with van der Waals surface area (Å²) in [5.41, 5.74) is 1.64. The fraction of sp³-hybridized carbons (Fsp3) is 0.250. The van der Waals surface area contributed by atoms with E-state index in [1.165, 1.54) is 11.3 Å². The number of nitrogens with zero attached hydrogens (tertiary/aromatic N) is 1. The van der Waals surface area contributed by atoms with Gasteiger partial charge in [-0.1, -0.05) is 0 Å². The summed E-state index contributed by atoms with van der Waals surface area (Å²) < 4.78 is 0. The number of aliphatic carboxylic acids is 1. The van der Waals surface area contributed by atoms with Crippen molar-refractivity contribution in [2.75, 3.05) is 11.9 Å². The third-order valence-electron chi connectivity index (χ3n) is 3.14. The highest BCUT2D eigenvalue weighted by Gasteiger charge is 2.14. The van der Waals surface area contributed by atoms with E-state index >= 15 is 0 Å². The number of thiazole rings is 1. The second-order valence-corrected chi connectivity index (χ2v) is 6.28. The Balaban J connectivity index is 1.96. The lowest BCUT2D eigenvalue weighted by atomic mass is 10.2. The number of carbonyl (C=O) groups is 3. The molecule has 0 saturated heterocycles. The minimum Gasteiger partial charge on any atom is -0.481 e. The van der Waals surface area contributed by atoms with Gasteiger partial charge in [0.15, 0.2) is 0 Å².